The quantitative estimate of drug-likeness (QED) is 0.771. The maximum atomic E-state index is 14.1. The van der Waals surface area contributed by atoms with Gasteiger partial charge in [-0.15, -0.1) is 0 Å². The van der Waals surface area contributed by atoms with Crippen molar-refractivity contribution >= 4 is 22.5 Å². The van der Waals surface area contributed by atoms with Gasteiger partial charge in [0.2, 0.25) is 0 Å². The summed E-state index contributed by atoms with van der Waals surface area (Å²) in [6.07, 6.45) is 0. The average molecular weight is 298 g/mol. The lowest BCUT2D eigenvalue weighted by atomic mass is 10.1. The monoisotopic (exact) mass is 298 g/mol. The Morgan fingerprint density at radius 3 is 2.77 bits per heavy atom. The smallest absolute Gasteiger partial charge is 0.258 e. The lowest BCUT2D eigenvalue weighted by molar-refractivity contribution is 0.102. The maximum absolute atomic E-state index is 14.1. The third-order valence-electron chi connectivity index (χ3n) is 3.52. The number of methoxy groups -OCH3 is 1. The number of carbonyl (C=O) groups is 1. The summed E-state index contributed by atoms with van der Waals surface area (Å²) < 4.78 is 19.2. The standard InChI is InChI=1S/C17H15FN2O2/c1-10-15(16-13(18)7-4-8-14(16)19-10)17(21)20-11-5-3-6-12(9-11)22-2/h3-9,19H,1-2H3,(H,20,21). The largest absolute Gasteiger partial charge is 0.497 e. The second-order valence-corrected chi connectivity index (χ2v) is 4.97. The van der Waals surface area contributed by atoms with Crippen molar-refractivity contribution in [2.75, 3.05) is 12.4 Å². The van der Waals surface area contributed by atoms with Crippen LogP contribution < -0.4 is 10.1 Å². The minimum atomic E-state index is -0.419. The number of nitrogens with one attached hydrogen (secondary N) is 2. The number of hydrogen-bond acceptors (Lipinski definition) is 2. The van der Waals surface area contributed by atoms with Crippen LogP contribution in [0.25, 0.3) is 10.9 Å². The zero-order valence-electron chi connectivity index (χ0n) is 12.2. The van der Waals surface area contributed by atoms with Gasteiger partial charge in [-0.25, -0.2) is 4.39 Å². The summed E-state index contributed by atoms with van der Waals surface area (Å²) in [5.41, 5.74) is 2.14. The number of anilines is 1. The summed E-state index contributed by atoms with van der Waals surface area (Å²) in [7, 11) is 1.56. The summed E-state index contributed by atoms with van der Waals surface area (Å²) in [4.78, 5) is 15.6. The highest BCUT2D eigenvalue weighted by atomic mass is 19.1. The van der Waals surface area contributed by atoms with Crippen LogP contribution in [0.2, 0.25) is 0 Å². The van der Waals surface area contributed by atoms with Crippen LogP contribution in [-0.2, 0) is 0 Å². The third kappa shape index (κ3) is 2.41. The van der Waals surface area contributed by atoms with E-state index in [-0.39, 0.29) is 5.91 Å². The summed E-state index contributed by atoms with van der Waals surface area (Å²) >= 11 is 0. The molecule has 0 atom stereocenters. The first-order chi connectivity index (χ1) is 10.6. The van der Waals surface area contributed by atoms with Crippen LogP contribution in [0.3, 0.4) is 0 Å². The van der Waals surface area contributed by atoms with Crippen molar-refractivity contribution in [3.05, 3.63) is 59.5 Å². The molecule has 22 heavy (non-hydrogen) atoms. The predicted molar refractivity (Wildman–Crippen MR) is 83.9 cm³/mol. The minimum Gasteiger partial charge on any atom is -0.497 e. The van der Waals surface area contributed by atoms with Gasteiger partial charge in [-0.05, 0) is 31.2 Å². The van der Waals surface area contributed by atoms with Crippen molar-refractivity contribution in [1.82, 2.24) is 4.98 Å². The Kier molecular flexibility index (Phi) is 3.55. The molecular formula is C17H15FN2O2. The topological polar surface area (TPSA) is 54.1 Å². The molecule has 0 aliphatic carbocycles. The lowest BCUT2D eigenvalue weighted by Gasteiger charge is -2.07. The molecule has 3 rings (SSSR count). The first-order valence-corrected chi connectivity index (χ1v) is 6.82. The first kappa shape index (κ1) is 14.1. The molecule has 0 bridgehead atoms. The molecule has 1 amide bonds. The van der Waals surface area contributed by atoms with Crippen LogP contribution in [0.4, 0.5) is 10.1 Å². The van der Waals surface area contributed by atoms with Crippen LogP contribution >= 0.6 is 0 Å². The van der Waals surface area contributed by atoms with Gasteiger partial charge in [0.25, 0.3) is 5.91 Å². The summed E-state index contributed by atoms with van der Waals surface area (Å²) in [6.45, 7) is 1.75. The number of halogens is 1. The molecule has 0 saturated heterocycles. The molecule has 0 saturated carbocycles. The number of H-pyrrole nitrogens is 1. The Hall–Kier alpha value is -2.82. The van der Waals surface area contributed by atoms with E-state index >= 15 is 0 Å². The van der Waals surface area contributed by atoms with Gasteiger partial charge in [-0.2, -0.15) is 0 Å². The van der Waals surface area contributed by atoms with Crippen molar-refractivity contribution in [1.29, 1.82) is 0 Å². The second-order valence-electron chi connectivity index (χ2n) is 4.97. The molecule has 1 aromatic heterocycles. The Morgan fingerprint density at radius 2 is 2.00 bits per heavy atom. The van der Waals surface area contributed by atoms with Crippen molar-refractivity contribution in [3.8, 4) is 5.75 Å². The normalized spacial score (nSPS) is 10.7. The highest BCUT2D eigenvalue weighted by Gasteiger charge is 2.19. The number of rotatable bonds is 3. The number of amides is 1. The molecule has 0 aliphatic rings. The van der Waals surface area contributed by atoms with Gasteiger partial charge in [-0.1, -0.05) is 12.1 Å². The molecule has 1 heterocycles. The van der Waals surface area contributed by atoms with Crippen LogP contribution in [0.15, 0.2) is 42.5 Å². The van der Waals surface area contributed by atoms with Crippen LogP contribution in [-0.4, -0.2) is 18.0 Å². The molecule has 0 fully saturated rings. The van der Waals surface area contributed by atoms with Gasteiger partial charge >= 0.3 is 0 Å². The first-order valence-electron chi connectivity index (χ1n) is 6.82. The fourth-order valence-electron chi connectivity index (χ4n) is 2.51. The number of carbonyl (C=O) groups excluding carboxylic acids is 1. The molecule has 0 unspecified atom stereocenters. The van der Waals surface area contributed by atoms with E-state index in [0.717, 1.165) is 0 Å². The van der Waals surface area contributed by atoms with Gasteiger partial charge in [-0.3, -0.25) is 4.79 Å². The van der Waals surface area contributed by atoms with Crippen molar-refractivity contribution < 1.29 is 13.9 Å². The van der Waals surface area contributed by atoms with Gasteiger partial charge in [0.05, 0.1) is 12.7 Å². The second kappa shape index (κ2) is 5.52. The fourth-order valence-corrected chi connectivity index (χ4v) is 2.51. The van der Waals surface area contributed by atoms with E-state index in [4.69, 9.17) is 4.74 Å². The highest BCUT2D eigenvalue weighted by molar-refractivity contribution is 6.14. The van der Waals surface area contributed by atoms with Gasteiger partial charge < -0.3 is 15.0 Å². The Labute approximate surface area is 126 Å². The van der Waals surface area contributed by atoms with Gasteiger partial charge in [0.1, 0.15) is 11.6 Å². The van der Waals surface area contributed by atoms with E-state index in [9.17, 15) is 9.18 Å². The summed E-state index contributed by atoms with van der Waals surface area (Å²) in [5, 5.41) is 3.08. The average Bonchev–Trinajstić information content (AvgIpc) is 2.85. The SMILES string of the molecule is COc1cccc(NC(=O)c2c(C)[nH]c3cccc(F)c23)c1. The molecule has 5 heteroatoms. The lowest BCUT2D eigenvalue weighted by Crippen LogP contribution is -2.13. The van der Waals surface area contributed by atoms with E-state index in [0.29, 0.717) is 33.6 Å². The van der Waals surface area contributed by atoms with Gasteiger partial charge in [0.15, 0.2) is 0 Å². The number of benzene rings is 2. The zero-order chi connectivity index (χ0) is 15.7. The predicted octanol–water partition coefficient (Wildman–Crippen LogP) is 3.88. The zero-order valence-corrected chi connectivity index (χ0v) is 12.2. The molecule has 2 aromatic carbocycles. The fraction of sp³-hybridized carbons (Fsp3) is 0.118. The van der Waals surface area contributed by atoms with E-state index in [1.54, 1.807) is 50.4 Å². The van der Waals surface area contributed by atoms with Crippen LogP contribution in [0.5, 0.6) is 5.75 Å². The molecule has 112 valence electrons. The molecule has 0 radical (unpaired) electrons. The van der Waals surface area contributed by atoms with Gasteiger partial charge in [0, 0.05) is 28.4 Å². The molecule has 0 spiro atoms. The summed E-state index contributed by atoms with van der Waals surface area (Å²) in [5.74, 6) is -0.139. The minimum absolute atomic E-state index is 0.306. The van der Waals surface area contributed by atoms with Crippen molar-refractivity contribution in [2.24, 2.45) is 0 Å². The Bertz CT molecular complexity index is 855. The summed E-state index contributed by atoms with van der Waals surface area (Å²) in [6, 6.07) is 11.7. The molecule has 3 aromatic rings. The Morgan fingerprint density at radius 1 is 1.23 bits per heavy atom. The molecule has 4 nitrogen and oxygen atoms in total. The van der Waals surface area contributed by atoms with Crippen molar-refractivity contribution in [3.63, 3.8) is 0 Å². The van der Waals surface area contributed by atoms with Crippen LogP contribution in [0, 0.1) is 12.7 Å². The number of aromatic nitrogens is 1. The maximum Gasteiger partial charge on any atom is 0.258 e. The number of hydrogen-bond donors (Lipinski definition) is 2. The molecule has 0 aliphatic heterocycles. The van der Waals surface area contributed by atoms with E-state index in [1.165, 1.54) is 6.07 Å². The van der Waals surface area contributed by atoms with E-state index < -0.39 is 5.82 Å². The Balaban J connectivity index is 2.00. The third-order valence-corrected chi connectivity index (χ3v) is 3.52. The number of aromatic amines is 1. The van der Waals surface area contributed by atoms with Crippen LogP contribution in [0.1, 0.15) is 16.1 Å². The molecular weight excluding hydrogens is 283 g/mol. The molecule has 2 N–H and O–H groups in total. The number of fused-ring (bicyclic) bond motifs is 1. The van der Waals surface area contributed by atoms with Crippen molar-refractivity contribution in [2.45, 2.75) is 6.92 Å². The number of ether oxygens (including phenoxy) is 1. The van der Waals surface area contributed by atoms with E-state index in [2.05, 4.69) is 10.3 Å². The van der Waals surface area contributed by atoms with E-state index in [1.807, 2.05) is 0 Å². The highest BCUT2D eigenvalue weighted by Crippen LogP contribution is 2.26. The number of aryl methyl sites for hydroxylation is 1.